The summed E-state index contributed by atoms with van der Waals surface area (Å²) in [6, 6.07) is 23.7. The van der Waals surface area contributed by atoms with E-state index in [9.17, 15) is 24.0 Å². The second-order valence-electron chi connectivity index (χ2n) is 24.7. The van der Waals surface area contributed by atoms with Crippen molar-refractivity contribution in [1.29, 1.82) is 0 Å². The molecule has 3 N–H and O–H groups in total. The SMILES string of the molecule is C/C=C\C.C1CC2CCCC(C1)C2.C1CC2CCCC(C1)C2.COC(=O)Cn1ccc(-c2nc3ccccc3n(C3CC4CCCC(C3)N4)c2=O)cc1=O.O=c1cc(-c2nc3ccccc3n(C3CC4CCCC(C3)N4)c2=O)cc[nH]1. The highest BCUT2D eigenvalue weighted by Gasteiger charge is 2.36. The van der Waals surface area contributed by atoms with Gasteiger partial charge in [-0.25, -0.2) is 9.97 Å². The lowest BCUT2D eigenvalue weighted by Gasteiger charge is -2.41. The minimum absolute atomic E-state index is 0.0883. The molecule has 8 heterocycles. The fourth-order valence-electron chi connectivity index (χ4n) is 15.1. The van der Waals surface area contributed by atoms with Gasteiger partial charge in [-0.1, -0.05) is 126 Å². The van der Waals surface area contributed by atoms with Gasteiger partial charge in [-0.15, -0.1) is 0 Å². The van der Waals surface area contributed by atoms with Crippen LogP contribution in [0.2, 0.25) is 0 Å². The average Bonchev–Trinajstić information content (AvgIpc) is 3.58. The van der Waals surface area contributed by atoms with Crippen LogP contribution >= 0.6 is 0 Å². The number of carbonyl (C=O) groups is 1. The molecule has 8 fully saturated rings. The molecule has 14 rings (SSSR count). The molecule has 4 saturated carbocycles. The minimum atomic E-state index is -0.512. The van der Waals surface area contributed by atoms with Crippen LogP contribution in [0.5, 0.6) is 0 Å². The number of pyridine rings is 2. The Morgan fingerprint density at radius 1 is 0.543 bits per heavy atom. The van der Waals surface area contributed by atoms with E-state index in [1.165, 1.54) is 81.4 Å². The smallest absolute Gasteiger partial charge is 0.325 e. The van der Waals surface area contributed by atoms with Crippen molar-refractivity contribution in [3.63, 3.8) is 0 Å². The molecule has 4 saturated heterocycles. The summed E-state index contributed by atoms with van der Waals surface area (Å²) in [6.07, 6.45) is 39.6. The molecule has 2 aromatic carbocycles. The maximum Gasteiger partial charge on any atom is 0.325 e. The number of aromatic nitrogens is 6. The van der Waals surface area contributed by atoms with Gasteiger partial charge in [0.15, 0.2) is 0 Å². The Labute approximate surface area is 477 Å². The Bertz CT molecular complexity index is 3270. The number of hydrogen-bond donors (Lipinski definition) is 3. The minimum Gasteiger partial charge on any atom is -0.468 e. The Morgan fingerprint density at radius 3 is 1.33 bits per heavy atom. The van der Waals surface area contributed by atoms with Crippen LogP contribution in [0.1, 0.15) is 180 Å². The number of ether oxygens (including phenoxy) is 1. The number of hydrogen-bond acceptors (Lipinski definition) is 10. The maximum atomic E-state index is 13.7. The quantitative estimate of drug-likeness (QED) is 0.108. The molecule has 0 amide bonds. The molecule has 4 aliphatic carbocycles. The van der Waals surface area contributed by atoms with E-state index in [0.717, 1.165) is 84.3 Å². The van der Waals surface area contributed by atoms with E-state index in [4.69, 9.17) is 0 Å². The zero-order valence-electron chi connectivity index (χ0n) is 48.4. The number of piperidine rings is 4. The van der Waals surface area contributed by atoms with Crippen LogP contribution in [0.3, 0.4) is 0 Å². The highest BCUT2D eigenvalue weighted by Crippen LogP contribution is 2.41. The Balaban J connectivity index is 0.000000133. The number of benzene rings is 2. The van der Waals surface area contributed by atoms with Crippen molar-refractivity contribution in [2.45, 2.75) is 211 Å². The summed E-state index contributed by atoms with van der Waals surface area (Å²) >= 11 is 0. The lowest BCUT2D eigenvalue weighted by molar-refractivity contribution is -0.141. The number of nitrogens with zero attached hydrogens (tertiary/aromatic N) is 5. The number of carbonyl (C=O) groups excluding carboxylic acids is 1. The maximum absolute atomic E-state index is 13.7. The molecule has 4 atom stereocenters. The van der Waals surface area contributed by atoms with Gasteiger partial charge < -0.3 is 34.1 Å². The van der Waals surface area contributed by atoms with Crippen molar-refractivity contribution in [1.82, 2.24) is 39.3 Å². The van der Waals surface area contributed by atoms with E-state index in [1.807, 2.05) is 83.7 Å². The predicted octanol–water partition coefficient (Wildman–Crippen LogP) is 12.4. The second-order valence-corrected chi connectivity index (χ2v) is 24.7. The number of H-pyrrole nitrogens is 1. The molecule has 4 aliphatic heterocycles. The van der Waals surface area contributed by atoms with Crippen molar-refractivity contribution in [3.8, 4) is 22.5 Å². The number of aromatic amines is 1. The molecule has 14 nitrogen and oxygen atoms in total. The van der Waals surface area contributed by atoms with E-state index in [2.05, 4.69) is 30.3 Å². The molecule has 432 valence electrons. The predicted molar refractivity (Wildman–Crippen MR) is 325 cm³/mol. The summed E-state index contributed by atoms with van der Waals surface area (Å²) < 4.78 is 9.72. The Kier molecular flexibility index (Phi) is 19.8. The van der Waals surface area contributed by atoms with Crippen molar-refractivity contribution in [2.75, 3.05) is 7.11 Å². The van der Waals surface area contributed by atoms with Crippen LogP contribution in [-0.2, 0) is 16.1 Å². The first-order valence-corrected chi connectivity index (χ1v) is 31.1. The normalized spacial score (nSPS) is 27.1. The van der Waals surface area contributed by atoms with Gasteiger partial charge in [0.2, 0.25) is 5.56 Å². The van der Waals surface area contributed by atoms with Gasteiger partial charge in [-0.05, 0) is 138 Å². The van der Waals surface area contributed by atoms with Crippen LogP contribution in [0.25, 0.3) is 44.6 Å². The highest BCUT2D eigenvalue weighted by molar-refractivity contribution is 5.79. The van der Waals surface area contributed by atoms with Crippen molar-refractivity contribution in [3.05, 3.63) is 139 Å². The third kappa shape index (κ3) is 14.5. The number of nitrogens with one attached hydrogen (secondary N) is 3. The second kappa shape index (κ2) is 27.7. The molecule has 6 aromatic rings. The van der Waals surface area contributed by atoms with Gasteiger partial charge in [-0.2, -0.15) is 0 Å². The largest absolute Gasteiger partial charge is 0.468 e. The number of para-hydroxylation sites is 4. The van der Waals surface area contributed by atoms with Crippen molar-refractivity contribution < 1.29 is 9.53 Å². The van der Waals surface area contributed by atoms with Crippen LogP contribution in [0.4, 0.5) is 0 Å². The van der Waals surface area contributed by atoms with Crippen LogP contribution in [0.15, 0.2) is 117 Å². The number of methoxy groups -OCH3 is 1. The van der Waals surface area contributed by atoms with Gasteiger partial charge in [0.1, 0.15) is 17.9 Å². The fraction of sp³-hybridized carbons (Fsp3) is 0.567. The summed E-state index contributed by atoms with van der Waals surface area (Å²) in [6.45, 7) is 3.82. The summed E-state index contributed by atoms with van der Waals surface area (Å²) in [7, 11) is 1.28. The van der Waals surface area contributed by atoms with Crippen molar-refractivity contribution in [2.24, 2.45) is 23.7 Å². The van der Waals surface area contributed by atoms with Crippen LogP contribution in [0, 0.1) is 23.7 Å². The van der Waals surface area contributed by atoms with Gasteiger partial charge in [-0.3, -0.25) is 24.0 Å². The van der Waals surface area contributed by atoms with Crippen LogP contribution < -0.4 is 32.9 Å². The zero-order valence-corrected chi connectivity index (χ0v) is 48.4. The van der Waals surface area contributed by atoms with E-state index >= 15 is 0 Å². The zero-order chi connectivity index (χ0) is 56.2. The number of allylic oxidation sites excluding steroid dienone is 2. The lowest BCUT2D eigenvalue weighted by Crippen LogP contribution is -2.50. The average molecular weight is 1100 g/mol. The van der Waals surface area contributed by atoms with E-state index in [0.29, 0.717) is 41.0 Å². The molecule has 4 aromatic heterocycles. The van der Waals surface area contributed by atoms with Gasteiger partial charge in [0, 0.05) is 71.9 Å². The summed E-state index contributed by atoms with van der Waals surface area (Å²) in [5, 5.41) is 7.38. The van der Waals surface area contributed by atoms with Gasteiger partial charge in [0.05, 0.1) is 29.2 Å². The third-order valence-corrected chi connectivity index (χ3v) is 19.1. The number of esters is 1. The summed E-state index contributed by atoms with van der Waals surface area (Å²) in [4.78, 5) is 74.9. The highest BCUT2D eigenvalue weighted by atomic mass is 16.5. The first kappa shape index (κ1) is 58.0. The molecule has 8 bridgehead atoms. The fourth-order valence-corrected chi connectivity index (χ4v) is 15.1. The topological polar surface area (TPSA) is 175 Å². The summed E-state index contributed by atoms with van der Waals surface area (Å²) in [5.41, 5.74) is 3.94. The molecule has 81 heavy (non-hydrogen) atoms. The lowest BCUT2D eigenvalue weighted by atomic mass is 9.72. The van der Waals surface area contributed by atoms with Crippen LogP contribution in [-0.4, -0.2) is 65.9 Å². The Morgan fingerprint density at radius 2 is 0.951 bits per heavy atom. The standard InChI is InChI=1S/C24H26N4O4.C21H22N4O2.2C9H16.C4H8/c1-32-22(30)14-27-10-9-15(11-21(27)29)23-24(31)28(20-8-3-2-7-19(20)26-23)18-12-16-5-4-6-17(13-18)25-16;26-19-10-13(8-9-22-19)20-21(27)25(18-7-2-1-6-17(18)24-20)16-11-14-4-3-5-15(12-16)23-14;2*1-3-8-5-2-6-9(4-1)7-8;1-3-4-2/h2-3,7-11,16-18,25H,4-6,12-14H2,1H3;1-2,6-10,14-16,23H,3-5,11-12H2,(H,22,26);2*8-9H,1-7H2;3-4H,1-2H3/b;;;;4-3-. The molecular weight excluding hydrogens is 1010 g/mol. The molecule has 8 aliphatic rings. The third-order valence-electron chi connectivity index (χ3n) is 19.1. The molecule has 0 spiro atoms. The van der Waals surface area contributed by atoms with Gasteiger partial charge >= 0.3 is 5.97 Å². The summed E-state index contributed by atoms with van der Waals surface area (Å²) in [5.74, 6) is 4.09. The van der Waals surface area contributed by atoms with E-state index in [1.54, 1.807) is 82.5 Å². The number of fused-ring (bicyclic) bond motifs is 10. The van der Waals surface area contributed by atoms with Crippen molar-refractivity contribution >= 4 is 28.0 Å². The molecule has 14 heteroatoms. The first-order chi connectivity index (χ1) is 39.5. The Hall–Kier alpha value is -6.25. The molecule has 0 radical (unpaired) electrons. The molecule has 4 unspecified atom stereocenters. The van der Waals surface area contributed by atoms with Gasteiger partial charge in [0.25, 0.3) is 16.7 Å². The molecular formula is C67H88N8O6. The monoisotopic (exact) mass is 1100 g/mol. The number of rotatable bonds is 6. The van der Waals surface area contributed by atoms with E-state index in [-0.39, 0.29) is 46.6 Å². The van der Waals surface area contributed by atoms with E-state index < -0.39 is 5.97 Å². The first-order valence-electron chi connectivity index (χ1n) is 31.1.